The Morgan fingerprint density at radius 2 is 1.61 bits per heavy atom. The van der Waals surface area contributed by atoms with Gasteiger partial charge < -0.3 is 51.3 Å². The topological polar surface area (TPSA) is 214 Å². The molecule has 1 fully saturated rings. The Labute approximate surface area is 131 Å². The van der Waals surface area contributed by atoms with Crippen molar-refractivity contribution in [1.29, 1.82) is 0 Å². The highest BCUT2D eigenvalue weighted by Crippen LogP contribution is 2.22. The molecule has 0 amide bonds. The molecule has 1 rings (SSSR count). The number of rotatable bonds is 7. The van der Waals surface area contributed by atoms with Crippen LogP contribution in [0.25, 0.3) is 0 Å². The van der Waals surface area contributed by atoms with Crippen LogP contribution in [-0.4, -0.2) is 115 Å². The van der Waals surface area contributed by atoms with E-state index in [-0.39, 0.29) is 0 Å². The number of aliphatic hydroxyl groups excluding tert-OH is 8. The summed E-state index contributed by atoms with van der Waals surface area (Å²) in [5, 5.41) is 75.2. The van der Waals surface area contributed by atoms with Gasteiger partial charge in [-0.25, -0.2) is 0 Å². The first kappa shape index (κ1) is 20.3. The molecule has 1 aliphatic rings. The van der Waals surface area contributed by atoms with E-state index >= 15 is 0 Å². The van der Waals surface area contributed by atoms with Crippen molar-refractivity contribution in [2.45, 2.75) is 54.9 Å². The van der Waals surface area contributed by atoms with Gasteiger partial charge in [0.2, 0.25) is 0 Å². The highest BCUT2D eigenvalue weighted by molar-refractivity contribution is 5.88. The lowest BCUT2D eigenvalue weighted by Gasteiger charge is -2.41. The van der Waals surface area contributed by atoms with Gasteiger partial charge in [0.1, 0.15) is 48.8 Å². The summed E-state index contributed by atoms with van der Waals surface area (Å²) in [5.74, 6) is -1.22. The van der Waals surface area contributed by atoms with Crippen LogP contribution in [0.3, 0.4) is 0 Å². The molecule has 0 aliphatic carbocycles. The first-order chi connectivity index (χ1) is 10.7. The van der Waals surface area contributed by atoms with Gasteiger partial charge in [0.05, 0.1) is 19.3 Å². The normalized spacial score (nSPS) is 37.0. The molecule has 0 aromatic carbocycles. The number of hydrogen-bond acceptors (Lipinski definition) is 11. The first-order valence-corrected chi connectivity index (χ1v) is 6.92. The molecule has 9 atom stereocenters. The van der Waals surface area contributed by atoms with Crippen molar-refractivity contribution in [2.24, 2.45) is 5.73 Å². The number of carbonyl (C=O) groups excluding carboxylic acids is 1. The van der Waals surface area contributed by atoms with E-state index in [4.69, 9.17) is 20.7 Å². The number of ketones is 1. The monoisotopic (exact) mass is 341 g/mol. The molecule has 0 aromatic heterocycles. The molecular weight excluding hydrogens is 318 g/mol. The number of hydrogen-bond donors (Lipinski definition) is 9. The van der Waals surface area contributed by atoms with Crippen LogP contribution in [0.15, 0.2) is 0 Å². The van der Waals surface area contributed by atoms with E-state index in [9.17, 15) is 35.4 Å². The van der Waals surface area contributed by atoms with Crippen LogP contribution in [0.1, 0.15) is 0 Å². The second-order valence-corrected chi connectivity index (χ2v) is 5.41. The van der Waals surface area contributed by atoms with Gasteiger partial charge in [-0.1, -0.05) is 0 Å². The fourth-order valence-electron chi connectivity index (χ4n) is 2.25. The Bertz CT molecular complexity index is 394. The largest absolute Gasteiger partial charge is 0.394 e. The molecule has 1 heterocycles. The summed E-state index contributed by atoms with van der Waals surface area (Å²) >= 11 is 0. The Balaban J connectivity index is 2.85. The molecule has 11 heteroatoms. The molecule has 23 heavy (non-hydrogen) atoms. The lowest BCUT2D eigenvalue weighted by atomic mass is 9.88. The van der Waals surface area contributed by atoms with Gasteiger partial charge in [-0.3, -0.25) is 4.79 Å². The van der Waals surface area contributed by atoms with Crippen molar-refractivity contribution in [3.8, 4) is 0 Å². The van der Waals surface area contributed by atoms with E-state index in [0.29, 0.717) is 0 Å². The summed E-state index contributed by atoms with van der Waals surface area (Å²) in [6.45, 7) is -1.66. The third-order valence-electron chi connectivity index (χ3n) is 3.80. The Kier molecular flexibility index (Phi) is 7.41. The van der Waals surface area contributed by atoms with Gasteiger partial charge >= 0.3 is 0 Å². The fraction of sp³-hybridized carbons (Fsp3) is 0.917. The molecule has 0 saturated carbocycles. The zero-order valence-corrected chi connectivity index (χ0v) is 12.1. The number of carbonyl (C=O) groups is 1. The second kappa shape index (κ2) is 8.39. The van der Waals surface area contributed by atoms with Gasteiger partial charge in [-0.05, 0) is 0 Å². The Morgan fingerprint density at radius 3 is 2.09 bits per heavy atom. The van der Waals surface area contributed by atoms with E-state index in [1.165, 1.54) is 0 Å². The average Bonchev–Trinajstić information content (AvgIpc) is 2.56. The molecule has 0 bridgehead atoms. The third kappa shape index (κ3) is 4.22. The van der Waals surface area contributed by atoms with Crippen LogP contribution < -0.4 is 5.73 Å². The quantitative estimate of drug-likeness (QED) is 0.212. The third-order valence-corrected chi connectivity index (χ3v) is 3.80. The maximum Gasteiger partial charge on any atom is 0.194 e. The number of aliphatic hydroxyl groups is 8. The Morgan fingerprint density at radius 1 is 1.04 bits per heavy atom. The van der Waals surface area contributed by atoms with Gasteiger partial charge in [-0.15, -0.1) is 0 Å². The van der Waals surface area contributed by atoms with Gasteiger partial charge in [-0.2, -0.15) is 0 Å². The number of ether oxygens (including phenoxy) is 1. The lowest BCUT2D eigenvalue weighted by molar-refractivity contribution is -0.200. The minimum absolute atomic E-state index is 0.737. The van der Waals surface area contributed by atoms with Crippen molar-refractivity contribution in [1.82, 2.24) is 0 Å². The fourth-order valence-corrected chi connectivity index (χ4v) is 2.25. The highest BCUT2D eigenvalue weighted by atomic mass is 16.5. The maximum atomic E-state index is 12.1. The van der Waals surface area contributed by atoms with Crippen LogP contribution in [0.4, 0.5) is 0 Å². The smallest absolute Gasteiger partial charge is 0.194 e. The molecule has 10 N–H and O–H groups in total. The lowest BCUT2D eigenvalue weighted by Crippen LogP contribution is -2.66. The van der Waals surface area contributed by atoms with Gasteiger partial charge in [0.15, 0.2) is 5.78 Å². The predicted molar refractivity (Wildman–Crippen MR) is 71.9 cm³/mol. The van der Waals surface area contributed by atoms with E-state index in [1.54, 1.807) is 0 Å². The zero-order chi connectivity index (χ0) is 17.9. The summed E-state index contributed by atoms with van der Waals surface area (Å²) in [5.41, 5.74) is 5.55. The van der Waals surface area contributed by atoms with Crippen molar-refractivity contribution in [2.75, 3.05) is 13.2 Å². The SMILES string of the molecule is N[C@H]1C(C(=O)[C@@H](O)[C@@H](O)[C@H](O)[C@H](O)CO)O[C@H](CO)[C@@H](O)[C@@H]1O. The van der Waals surface area contributed by atoms with Crippen molar-refractivity contribution in [3.63, 3.8) is 0 Å². The molecule has 1 aliphatic heterocycles. The van der Waals surface area contributed by atoms with Crippen LogP contribution in [0, 0.1) is 0 Å². The van der Waals surface area contributed by atoms with E-state index < -0.39 is 73.9 Å². The van der Waals surface area contributed by atoms with Gasteiger partial charge in [0, 0.05) is 0 Å². The molecule has 1 saturated heterocycles. The van der Waals surface area contributed by atoms with Crippen LogP contribution in [-0.2, 0) is 9.53 Å². The Hall–Kier alpha value is -0.730. The summed E-state index contributed by atoms with van der Waals surface area (Å²) < 4.78 is 5.03. The minimum Gasteiger partial charge on any atom is -0.394 e. The zero-order valence-electron chi connectivity index (χ0n) is 12.1. The van der Waals surface area contributed by atoms with Gasteiger partial charge in [0.25, 0.3) is 0 Å². The number of nitrogens with two attached hydrogens (primary N) is 1. The molecule has 0 spiro atoms. The summed E-state index contributed by atoms with van der Waals surface area (Å²) in [7, 11) is 0. The van der Waals surface area contributed by atoms with E-state index in [0.717, 1.165) is 0 Å². The second-order valence-electron chi connectivity index (χ2n) is 5.41. The maximum absolute atomic E-state index is 12.1. The highest BCUT2D eigenvalue weighted by Gasteiger charge is 2.48. The predicted octanol–water partition coefficient (Wildman–Crippen LogP) is -6.20. The molecule has 11 nitrogen and oxygen atoms in total. The summed E-state index contributed by atoms with van der Waals surface area (Å²) in [6, 6.07) is -1.46. The van der Waals surface area contributed by atoms with E-state index in [1.807, 2.05) is 0 Å². The first-order valence-electron chi connectivity index (χ1n) is 6.92. The van der Waals surface area contributed by atoms with E-state index in [2.05, 4.69) is 0 Å². The van der Waals surface area contributed by atoms with Crippen LogP contribution in [0.5, 0.6) is 0 Å². The number of Topliss-reactive ketones (excluding diaryl/α,β-unsaturated/α-hetero) is 1. The standard InChI is InChI=1S/C12H23NO10/c13-5-8(19)7(18)4(2-15)23-12(5)11(22)10(21)9(20)6(17)3(16)1-14/h3-10,12,14-21H,1-2,13H2/t3-,4-,5-,6-,7-,8-,9+,10+,12?/m1/s1. The molecule has 136 valence electrons. The summed E-state index contributed by atoms with van der Waals surface area (Å²) in [4.78, 5) is 12.1. The minimum atomic E-state index is -2.25. The summed E-state index contributed by atoms with van der Waals surface area (Å²) in [6.07, 6.45) is -14.4. The molecule has 0 aromatic rings. The van der Waals surface area contributed by atoms with Crippen molar-refractivity contribution < 1.29 is 50.4 Å². The average molecular weight is 341 g/mol. The van der Waals surface area contributed by atoms with Crippen LogP contribution >= 0.6 is 0 Å². The van der Waals surface area contributed by atoms with Crippen LogP contribution in [0.2, 0.25) is 0 Å². The molecule has 0 radical (unpaired) electrons. The molecular formula is C12H23NO10. The molecule has 1 unspecified atom stereocenters. The van der Waals surface area contributed by atoms with Crippen molar-refractivity contribution in [3.05, 3.63) is 0 Å². The van der Waals surface area contributed by atoms with Crippen molar-refractivity contribution >= 4 is 5.78 Å².